The fourth-order valence-corrected chi connectivity index (χ4v) is 2.89. The standard InChI is InChI=1S/C21H17N5O/c1-27-20-5-8-25-21(19(20)13-23)26-9-6-16(7-10-26)3-2-4-17-11-18(12-22)15-24-14-17/h3,5,8,11,14-15H,6-7,9-10H2,1H3. The largest absolute Gasteiger partial charge is 0.495 e. The van der Waals surface area contributed by atoms with Crippen LogP contribution in [0.25, 0.3) is 0 Å². The zero-order valence-corrected chi connectivity index (χ0v) is 14.9. The average Bonchev–Trinajstić information content (AvgIpc) is 2.73. The molecule has 0 radical (unpaired) electrons. The topological polar surface area (TPSA) is 85.8 Å². The normalized spacial score (nSPS) is 13.0. The molecule has 0 spiro atoms. The minimum atomic E-state index is 0.470. The van der Waals surface area contributed by atoms with Crippen molar-refractivity contribution in [2.24, 2.45) is 0 Å². The molecule has 2 aromatic rings. The molecule has 1 aliphatic heterocycles. The summed E-state index contributed by atoms with van der Waals surface area (Å²) in [6.07, 6.45) is 8.47. The van der Waals surface area contributed by atoms with Gasteiger partial charge in [-0.25, -0.2) is 4.98 Å². The lowest BCUT2D eigenvalue weighted by Gasteiger charge is -2.30. The van der Waals surface area contributed by atoms with Crippen LogP contribution in [0.1, 0.15) is 29.5 Å². The Balaban J connectivity index is 1.68. The van der Waals surface area contributed by atoms with Gasteiger partial charge in [-0.05, 0) is 31.1 Å². The monoisotopic (exact) mass is 355 g/mol. The molecule has 27 heavy (non-hydrogen) atoms. The highest BCUT2D eigenvalue weighted by Gasteiger charge is 2.20. The molecule has 0 aliphatic carbocycles. The third-order valence-electron chi connectivity index (χ3n) is 4.29. The number of nitrogens with zero attached hydrogens (tertiary/aromatic N) is 5. The highest BCUT2D eigenvalue weighted by molar-refractivity contribution is 5.61. The summed E-state index contributed by atoms with van der Waals surface area (Å²) in [6, 6.07) is 7.67. The van der Waals surface area contributed by atoms with Crippen LogP contribution < -0.4 is 9.64 Å². The van der Waals surface area contributed by atoms with Gasteiger partial charge in [-0.2, -0.15) is 10.5 Å². The number of hydrogen-bond acceptors (Lipinski definition) is 6. The number of rotatable bonds is 2. The second-order valence-electron chi connectivity index (χ2n) is 5.96. The first kappa shape index (κ1) is 18.0. The molecule has 132 valence electrons. The van der Waals surface area contributed by atoms with E-state index in [0.29, 0.717) is 22.7 Å². The van der Waals surface area contributed by atoms with E-state index in [1.165, 1.54) is 11.8 Å². The number of pyridine rings is 2. The Morgan fingerprint density at radius 2 is 1.93 bits per heavy atom. The number of methoxy groups -OCH3 is 1. The molecule has 0 unspecified atom stereocenters. The molecular formula is C21H17N5O. The van der Waals surface area contributed by atoms with E-state index >= 15 is 0 Å². The molecule has 0 saturated carbocycles. The highest BCUT2D eigenvalue weighted by Crippen LogP contribution is 2.29. The van der Waals surface area contributed by atoms with Crippen molar-refractivity contribution in [1.29, 1.82) is 10.5 Å². The van der Waals surface area contributed by atoms with Crippen LogP contribution in [-0.2, 0) is 0 Å². The van der Waals surface area contributed by atoms with Gasteiger partial charge in [0.2, 0.25) is 0 Å². The molecule has 3 rings (SSSR count). The Labute approximate surface area is 158 Å². The number of anilines is 1. The van der Waals surface area contributed by atoms with Gasteiger partial charge >= 0.3 is 0 Å². The summed E-state index contributed by atoms with van der Waals surface area (Å²) >= 11 is 0. The molecule has 3 heterocycles. The van der Waals surface area contributed by atoms with Crippen LogP contribution in [0.2, 0.25) is 0 Å². The minimum Gasteiger partial charge on any atom is -0.495 e. The molecule has 0 amide bonds. The summed E-state index contributed by atoms with van der Waals surface area (Å²) in [5.41, 5.74) is 2.95. The van der Waals surface area contributed by atoms with Crippen molar-refractivity contribution in [3.05, 3.63) is 59.1 Å². The fourth-order valence-electron chi connectivity index (χ4n) is 2.89. The first-order valence-corrected chi connectivity index (χ1v) is 8.48. The van der Waals surface area contributed by atoms with Gasteiger partial charge in [0, 0.05) is 37.2 Å². The lowest BCUT2D eigenvalue weighted by molar-refractivity contribution is 0.412. The van der Waals surface area contributed by atoms with Gasteiger partial charge in [-0.15, -0.1) is 0 Å². The van der Waals surface area contributed by atoms with Crippen molar-refractivity contribution in [1.82, 2.24) is 9.97 Å². The van der Waals surface area contributed by atoms with Crippen molar-refractivity contribution in [2.75, 3.05) is 25.1 Å². The summed E-state index contributed by atoms with van der Waals surface area (Å²) in [7, 11) is 1.55. The molecule has 0 N–H and O–H groups in total. The second-order valence-corrected chi connectivity index (χ2v) is 5.96. The van der Waals surface area contributed by atoms with E-state index in [9.17, 15) is 5.26 Å². The van der Waals surface area contributed by atoms with Gasteiger partial charge in [-0.1, -0.05) is 17.4 Å². The number of piperidine rings is 1. The van der Waals surface area contributed by atoms with Crippen LogP contribution in [0.3, 0.4) is 0 Å². The summed E-state index contributed by atoms with van der Waals surface area (Å²) in [5.74, 6) is 7.28. The second kappa shape index (κ2) is 8.52. The Hall–Kier alpha value is -3.82. The zero-order chi connectivity index (χ0) is 19.1. The molecule has 1 saturated heterocycles. The Morgan fingerprint density at radius 3 is 2.63 bits per heavy atom. The smallest absolute Gasteiger partial charge is 0.150 e. The van der Waals surface area contributed by atoms with Gasteiger partial charge in [0.05, 0.1) is 12.7 Å². The van der Waals surface area contributed by atoms with E-state index in [2.05, 4.69) is 38.8 Å². The molecule has 0 aromatic carbocycles. The summed E-state index contributed by atoms with van der Waals surface area (Å²) in [5, 5.41) is 18.3. The molecule has 1 fully saturated rings. The van der Waals surface area contributed by atoms with Crippen molar-refractivity contribution < 1.29 is 4.74 Å². The molecule has 6 nitrogen and oxygen atoms in total. The maximum Gasteiger partial charge on any atom is 0.150 e. The van der Waals surface area contributed by atoms with E-state index in [0.717, 1.165) is 31.5 Å². The van der Waals surface area contributed by atoms with Crippen molar-refractivity contribution >= 4 is 5.82 Å². The summed E-state index contributed by atoms with van der Waals surface area (Å²) < 4.78 is 5.26. The van der Waals surface area contributed by atoms with E-state index in [1.54, 1.807) is 31.6 Å². The Morgan fingerprint density at radius 1 is 1.15 bits per heavy atom. The molecule has 0 atom stereocenters. The van der Waals surface area contributed by atoms with Crippen LogP contribution in [0, 0.1) is 34.5 Å². The van der Waals surface area contributed by atoms with E-state index < -0.39 is 0 Å². The molecule has 6 heteroatoms. The van der Waals surface area contributed by atoms with E-state index in [4.69, 9.17) is 10.00 Å². The first-order valence-electron chi connectivity index (χ1n) is 8.48. The fraction of sp³-hybridized carbons (Fsp3) is 0.238. The van der Waals surface area contributed by atoms with Crippen LogP contribution in [0.4, 0.5) is 5.82 Å². The van der Waals surface area contributed by atoms with Crippen LogP contribution in [0.5, 0.6) is 5.75 Å². The average molecular weight is 355 g/mol. The highest BCUT2D eigenvalue weighted by atomic mass is 16.5. The third-order valence-corrected chi connectivity index (χ3v) is 4.29. The predicted molar refractivity (Wildman–Crippen MR) is 101 cm³/mol. The SMILES string of the molecule is COc1ccnc(N2CCC(=CC#Cc3cncc(C#N)c3)CC2)c1C#N. The molecule has 2 aromatic heterocycles. The quantitative estimate of drug-likeness (QED) is 0.770. The molecule has 0 bridgehead atoms. The zero-order valence-electron chi connectivity index (χ0n) is 14.9. The maximum atomic E-state index is 9.42. The maximum absolute atomic E-state index is 9.42. The van der Waals surface area contributed by atoms with Crippen molar-refractivity contribution in [3.8, 4) is 29.7 Å². The van der Waals surface area contributed by atoms with Crippen LogP contribution >= 0.6 is 0 Å². The number of aromatic nitrogens is 2. The minimum absolute atomic E-state index is 0.470. The number of ether oxygens (including phenoxy) is 1. The van der Waals surface area contributed by atoms with Gasteiger partial charge < -0.3 is 9.64 Å². The predicted octanol–water partition coefficient (Wildman–Crippen LogP) is 2.81. The van der Waals surface area contributed by atoms with Gasteiger partial charge in [-0.3, -0.25) is 4.98 Å². The van der Waals surface area contributed by atoms with E-state index in [-0.39, 0.29) is 0 Å². The van der Waals surface area contributed by atoms with Gasteiger partial charge in [0.1, 0.15) is 29.3 Å². The third kappa shape index (κ3) is 4.24. The lowest BCUT2D eigenvalue weighted by atomic mass is 10.0. The summed E-state index contributed by atoms with van der Waals surface area (Å²) in [6.45, 7) is 1.54. The Kier molecular flexibility index (Phi) is 5.67. The number of hydrogen-bond donors (Lipinski definition) is 0. The van der Waals surface area contributed by atoms with Crippen LogP contribution in [0.15, 0.2) is 42.4 Å². The number of nitriles is 2. The van der Waals surface area contributed by atoms with E-state index in [1.807, 2.05) is 6.08 Å². The summed E-state index contributed by atoms with van der Waals surface area (Å²) in [4.78, 5) is 10.5. The molecule has 1 aliphatic rings. The van der Waals surface area contributed by atoms with Crippen molar-refractivity contribution in [3.63, 3.8) is 0 Å². The van der Waals surface area contributed by atoms with Gasteiger partial charge in [0.15, 0.2) is 0 Å². The number of allylic oxidation sites excluding steroid dienone is 1. The Bertz CT molecular complexity index is 1010. The molecular weight excluding hydrogens is 338 g/mol. The van der Waals surface area contributed by atoms with Crippen molar-refractivity contribution in [2.45, 2.75) is 12.8 Å². The lowest BCUT2D eigenvalue weighted by Crippen LogP contribution is -2.32. The van der Waals surface area contributed by atoms with Gasteiger partial charge in [0.25, 0.3) is 0 Å². The first-order chi connectivity index (χ1) is 13.2. The van der Waals surface area contributed by atoms with Crippen LogP contribution in [-0.4, -0.2) is 30.2 Å².